The number of hydrogen-bond acceptors (Lipinski definition) is 1. The maximum atomic E-state index is 12.9. The number of benzene rings is 1. The van der Waals surface area contributed by atoms with Gasteiger partial charge in [0.15, 0.2) is 0 Å². The molecule has 0 bridgehead atoms. The van der Waals surface area contributed by atoms with Crippen LogP contribution in [0.2, 0.25) is 0 Å². The summed E-state index contributed by atoms with van der Waals surface area (Å²) in [6.45, 7) is 7.43. The lowest BCUT2D eigenvalue weighted by Gasteiger charge is -2.32. The quantitative estimate of drug-likeness (QED) is 0.610. The highest BCUT2D eigenvalue weighted by Crippen LogP contribution is 2.36. The highest BCUT2D eigenvalue weighted by atomic mass is 19.4. The summed E-state index contributed by atoms with van der Waals surface area (Å²) in [5, 5.41) is 2.78. The number of amides is 1. The Morgan fingerprint density at radius 2 is 1.83 bits per heavy atom. The molecule has 5 heteroatoms. The lowest BCUT2D eigenvalue weighted by atomic mass is 9.82. The topological polar surface area (TPSA) is 29.1 Å². The summed E-state index contributed by atoms with van der Waals surface area (Å²) in [5.41, 5.74) is -0.725. The van der Waals surface area contributed by atoms with Crippen molar-refractivity contribution in [2.45, 2.75) is 39.9 Å². The predicted molar refractivity (Wildman–Crippen MR) is 85.7 cm³/mol. The zero-order chi connectivity index (χ0) is 17.7. The second kappa shape index (κ2) is 7.49. The van der Waals surface area contributed by atoms with Gasteiger partial charge in [-0.1, -0.05) is 51.1 Å². The van der Waals surface area contributed by atoms with Crippen molar-refractivity contribution < 1.29 is 18.0 Å². The Labute approximate surface area is 135 Å². The molecule has 0 heterocycles. The van der Waals surface area contributed by atoms with Crippen LogP contribution in [0, 0.1) is 5.41 Å². The third-order valence-corrected chi connectivity index (χ3v) is 3.25. The van der Waals surface area contributed by atoms with Crippen LogP contribution in [0.4, 0.5) is 13.2 Å². The van der Waals surface area contributed by atoms with E-state index in [1.165, 1.54) is 12.1 Å². The van der Waals surface area contributed by atoms with Crippen molar-refractivity contribution in [3.63, 3.8) is 0 Å². The van der Waals surface area contributed by atoms with Gasteiger partial charge in [-0.05, 0) is 30.0 Å². The van der Waals surface area contributed by atoms with Gasteiger partial charge in [0, 0.05) is 6.08 Å². The molecule has 1 aromatic rings. The minimum atomic E-state index is -4.41. The van der Waals surface area contributed by atoms with E-state index < -0.39 is 23.2 Å². The Bertz CT molecular complexity index is 595. The van der Waals surface area contributed by atoms with E-state index in [1.807, 2.05) is 27.7 Å². The molecule has 1 atom stereocenters. The molecule has 0 aliphatic rings. The molecule has 0 saturated heterocycles. The van der Waals surface area contributed by atoms with E-state index in [9.17, 15) is 18.0 Å². The van der Waals surface area contributed by atoms with Crippen molar-refractivity contribution >= 4 is 5.91 Å². The molecule has 0 spiro atoms. The van der Waals surface area contributed by atoms with Gasteiger partial charge in [-0.2, -0.15) is 13.2 Å². The number of hydrogen-bond donors (Lipinski definition) is 1. The summed E-state index contributed by atoms with van der Waals surface area (Å²) < 4.78 is 38.7. The summed E-state index contributed by atoms with van der Waals surface area (Å²) in [6, 6.07) is 4.54. The standard InChI is InChI=1S/C18H22F3NO/c1-5-6-7-11-15(23)22-16(17(2,3)4)13-9-8-10-14(12-13)18(19,20)21/h5-12,16H,1-4H3,(H,22,23)/b6-5+,11-7+. The van der Waals surface area contributed by atoms with Crippen LogP contribution in [0.3, 0.4) is 0 Å². The Kier molecular flexibility index (Phi) is 6.19. The van der Waals surface area contributed by atoms with Gasteiger partial charge in [0.2, 0.25) is 5.91 Å². The van der Waals surface area contributed by atoms with Gasteiger partial charge in [0.1, 0.15) is 0 Å². The molecular formula is C18H22F3NO. The van der Waals surface area contributed by atoms with Crippen LogP contribution in [-0.2, 0) is 11.0 Å². The minimum Gasteiger partial charge on any atom is -0.345 e. The summed E-state index contributed by atoms with van der Waals surface area (Å²) in [7, 11) is 0. The second-order valence-electron chi connectivity index (χ2n) is 6.32. The molecule has 23 heavy (non-hydrogen) atoms. The van der Waals surface area contributed by atoms with Crippen molar-refractivity contribution in [2.24, 2.45) is 5.41 Å². The van der Waals surface area contributed by atoms with Crippen LogP contribution in [-0.4, -0.2) is 5.91 Å². The van der Waals surface area contributed by atoms with E-state index in [1.54, 1.807) is 24.3 Å². The Morgan fingerprint density at radius 1 is 1.17 bits per heavy atom. The third kappa shape index (κ3) is 5.93. The molecule has 1 aromatic carbocycles. The van der Waals surface area contributed by atoms with Gasteiger partial charge >= 0.3 is 6.18 Å². The lowest BCUT2D eigenvalue weighted by Crippen LogP contribution is -2.35. The molecule has 0 radical (unpaired) electrons. The second-order valence-corrected chi connectivity index (χ2v) is 6.32. The van der Waals surface area contributed by atoms with Gasteiger partial charge in [0.25, 0.3) is 0 Å². The number of nitrogens with one attached hydrogen (secondary N) is 1. The molecule has 1 amide bonds. The monoisotopic (exact) mass is 325 g/mol. The fourth-order valence-corrected chi connectivity index (χ4v) is 2.14. The first-order valence-electron chi connectivity index (χ1n) is 7.32. The summed E-state index contributed by atoms with van der Waals surface area (Å²) in [5.74, 6) is -0.347. The summed E-state index contributed by atoms with van der Waals surface area (Å²) >= 11 is 0. The molecule has 1 unspecified atom stereocenters. The summed E-state index contributed by atoms with van der Waals surface area (Å²) in [4.78, 5) is 12.0. The number of allylic oxidation sites excluding steroid dienone is 3. The molecule has 1 N–H and O–H groups in total. The highest BCUT2D eigenvalue weighted by molar-refractivity contribution is 5.88. The Morgan fingerprint density at radius 3 is 2.35 bits per heavy atom. The largest absolute Gasteiger partial charge is 0.416 e. The van der Waals surface area contributed by atoms with Gasteiger partial charge in [-0.15, -0.1) is 0 Å². The van der Waals surface area contributed by atoms with E-state index >= 15 is 0 Å². The first-order valence-corrected chi connectivity index (χ1v) is 7.32. The van der Waals surface area contributed by atoms with Crippen LogP contribution in [0.15, 0.2) is 48.6 Å². The number of halogens is 3. The van der Waals surface area contributed by atoms with E-state index in [2.05, 4.69) is 5.32 Å². The van der Waals surface area contributed by atoms with Crippen LogP contribution < -0.4 is 5.32 Å². The smallest absolute Gasteiger partial charge is 0.345 e. The molecule has 2 nitrogen and oxygen atoms in total. The molecule has 126 valence electrons. The summed E-state index contributed by atoms with van der Waals surface area (Å²) in [6.07, 6.45) is 2.01. The van der Waals surface area contributed by atoms with Crippen LogP contribution in [0.25, 0.3) is 0 Å². The van der Waals surface area contributed by atoms with Crippen molar-refractivity contribution in [3.8, 4) is 0 Å². The number of carbonyl (C=O) groups excluding carboxylic acids is 1. The molecule has 0 aromatic heterocycles. The van der Waals surface area contributed by atoms with Gasteiger partial charge in [-0.3, -0.25) is 4.79 Å². The third-order valence-electron chi connectivity index (χ3n) is 3.25. The fraction of sp³-hybridized carbons (Fsp3) is 0.389. The van der Waals surface area contributed by atoms with Crippen LogP contribution in [0.5, 0.6) is 0 Å². The molecule has 1 rings (SSSR count). The number of rotatable bonds is 4. The number of carbonyl (C=O) groups is 1. The van der Waals surface area contributed by atoms with Crippen LogP contribution >= 0.6 is 0 Å². The van der Waals surface area contributed by atoms with E-state index in [4.69, 9.17) is 0 Å². The van der Waals surface area contributed by atoms with Crippen molar-refractivity contribution in [1.29, 1.82) is 0 Å². The lowest BCUT2D eigenvalue weighted by molar-refractivity contribution is -0.137. The van der Waals surface area contributed by atoms with Gasteiger partial charge in [-0.25, -0.2) is 0 Å². The molecule has 0 aliphatic heterocycles. The maximum absolute atomic E-state index is 12.9. The van der Waals surface area contributed by atoms with Crippen molar-refractivity contribution in [3.05, 3.63) is 59.7 Å². The van der Waals surface area contributed by atoms with Gasteiger partial charge in [0.05, 0.1) is 11.6 Å². The zero-order valence-electron chi connectivity index (χ0n) is 13.7. The normalized spacial score (nSPS) is 14.4. The molecule has 0 fully saturated rings. The Balaban J connectivity index is 3.11. The minimum absolute atomic E-state index is 0.347. The van der Waals surface area contributed by atoms with E-state index in [-0.39, 0.29) is 5.91 Å². The maximum Gasteiger partial charge on any atom is 0.416 e. The van der Waals surface area contributed by atoms with Crippen molar-refractivity contribution in [2.75, 3.05) is 0 Å². The van der Waals surface area contributed by atoms with Crippen LogP contribution in [0.1, 0.15) is 44.9 Å². The SMILES string of the molecule is C/C=C/C=C/C(=O)NC(c1cccc(C(F)(F)F)c1)C(C)(C)C. The highest BCUT2D eigenvalue weighted by Gasteiger charge is 2.33. The average molecular weight is 325 g/mol. The van der Waals surface area contributed by atoms with E-state index in [0.717, 1.165) is 12.1 Å². The average Bonchev–Trinajstić information content (AvgIpc) is 2.43. The molecular weight excluding hydrogens is 303 g/mol. The Hall–Kier alpha value is -2.04. The first-order chi connectivity index (χ1) is 10.6. The van der Waals surface area contributed by atoms with Crippen molar-refractivity contribution in [1.82, 2.24) is 5.32 Å². The molecule has 0 saturated carbocycles. The molecule has 0 aliphatic carbocycles. The zero-order valence-corrected chi connectivity index (χ0v) is 13.7. The first kappa shape index (κ1) is 19.0. The fourth-order valence-electron chi connectivity index (χ4n) is 2.14. The van der Waals surface area contributed by atoms with E-state index in [0.29, 0.717) is 5.56 Å². The number of alkyl halides is 3. The van der Waals surface area contributed by atoms with Gasteiger partial charge < -0.3 is 5.32 Å². The predicted octanol–water partition coefficient (Wildman–Crippen LogP) is 5.04.